The summed E-state index contributed by atoms with van der Waals surface area (Å²) in [5, 5.41) is 8.75. The van der Waals surface area contributed by atoms with Gasteiger partial charge in [-0.1, -0.05) is 35.9 Å². The molecule has 0 radical (unpaired) electrons. The van der Waals surface area contributed by atoms with Gasteiger partial charge in [0.05, 0.1) is 11.8 Å². The third kappa shape index (κ3) is 3.98. The molecule has 25 heavy (non-hydrogen) atoms. The van der Waals surface area contributed by atoms with Gasteiger partial charge in [-0.3, -0.25) is 14.6 Å². The van der Waals surface area contributed by atoms with Crippen molar-refractivity contribution in [2.75, 3.05) is 10.0 Å². The van der Waals surface area contributed by atoms with Gasteiger partial charge in [-0.05, 0) is 30.3 Å². The van der Waals surface area contributed by atoms with Gasteiger partial charge in [0.15, 0.2) is 5.03 Å². The average molecular weight is 377 g/mol. The van der Waals surface area contributed by atoms with E-state index in [2.05, 4.69) is 20.2 Å². The number of nitrogens with one attached hydrogen (secondary N) is 3. The second-order valence-corrected chi connectivity index (χ2v) is 7.10. The molecule has 1 aromatic heterocycles. The van der Waals surface area contributed by atoms with Gasteiger partial charge in [-0.2, -0.15) is 13.5 Å². The summed E-state index contributed by atoms with van der Waals surface area (Å²) in [5.41, 5.74) is 0.708. The van der Waals surface area contributed by atoms with Gasteiger partial charge in [0.2, 0.25) is 0 Å². The highest BCUT2D eigenvalue weighted by Crippen LogP contribution is 2.20. The summed E-state index contributed by atoms with van der Waals surface area (Å²) < 4.78 is 27.4. The van der Waals surface area contributed by atoms with Crippen LogP contribution in [0, 0.1) is 0 Å². The van der Waals surface area contributed by atoms with Gasteiger partial charge in [0, 0.05) is 16.4 Å². The summed E-state index contributed by atoms with van der Waals surface area (Å²) in [6, 6.07) is 14.9. The summed E-state index contributed by atoms with van der Waals surface area (Å²) in [5.74, 6) is -0.621. The van der Waals surface area contributed by atoms with Crippen molar-refractivity contribution < 1.29 is 13.2 Å². The molecule has 0 atom stereocenters. The maximum Gasteiger partial charge on any atom is 0.279 e. The molecule has 1 amide bonds. The third-order valence-electron chi connectivity index (χ3n) is 3.23. The molecule has 3 N–H and O–H groups in total. The third-order valence-corrected chi connectivity index (χ3v) is 4.81. The highest BCUT2D eigenvalue weighted by Gasteiger charge is 2.25. The van der Waals surface area contributed by atoms with E-state index in [-0.39, 0.29) is 10.6 Å². The number of para-hydroxylation sites is 1. The normalized spacial score (nSPS) is 11.1. The second-order valence-electron chi connectivity index (χ2n) is 5.05. The quantitative estimate of drug-likeness (QED) is 0.636. The summed E-state index contributed by atoms with van der Waals surface area (Å²) >= 11 is 5.87. The lowest BCUT2D eigenvalue weighted by Crippen LogP contribution is -2.19. The lowest BCUT2D eigenvalue weighted by atomic mass is 10.3. The fourth-order valence-corrected chi connectivity index (χ4v) is 3.46. The van der Waals surface area contributed by atoms with E-state index in [1.54, 1.807) is 54.6 Å². The number of sulfonamides is 1. The van der Waals surface area contributed by atoms with E-state index in [0.717, 1.165) is 6.20 Å². The summed E-state index contributed by atoms with van der Waals surface area (Å²) in [6.45, 7) is 0. The lowest BCUT2D eigenvalue weighted by Gasteiger charge is -2.09. The molecule has 0 saturated heterocycles. The van der Waals surface area contributed by atoms with Crippen LogP contribution in [0.1, 0.15) is 10.4 Å². The SMILES string of the molecule is O=C(Nc1cccc(Cl)c1)c1cn[nH]c1S(=O)(=O)Nc1ccccc1. The molecule has 128 valence electrons. The Morgan fingerprint density at radius 2 is 1.76 bits per heavy atom. The van der Waals surface area contributed by atoms with Gasteiger partial charge in [-0.15, -0.1) is 0 Å². The molecule has 3 rings (SSSR count). The number of halogens is 1. The molecule has 2 aromatic carbocycles. The van der Waals surface area contributed by atoms with Gasteiger partial charge in [-0.25, -0.2) is 0 Å². The Kier molecular flexibility index (Phi) is 4.73. The number of carbonyl (C=O) groups excluding carboxylic acids is 1. The molecule has 0 bridgehead atoms. The first-order chi connectivity index (χ1) is 12.0. The summed E-state index contributed by atoms with van der Waals surface area (Å²) in [4.78, 5) is 12.4. The van der Waals surface area contributed by atoms with Gasteiger partial charge < -0.3 is 5.32 Å². The fraction of sp³-hybridized carbons (Fsp3) is 0. The predicted molar refractivity (Wildman–Crippen MR) is 95.2 cm³/mol. The molecule has 0 aliphatic carbocycles. The van der Waals surface area contributed by atoms with Crippen molar-refractivity contribution in [3.05, 3.63) is 71.4 Å². The van der Waals surface area contributed by atoms with Gasteiger partial charge in [0.25, 0.3) is 15.9 Å². The van der Waals surface area contributed by atoms with Gasteiger partial charge in [0.1, 0.15) is 0 Å². The molecular formula is C16H13ClN4O3S. The molecule has 9 heteroatoms. The van der Waals surface area contributed by atoms with Crippen LogP contribution in [0.15, 0.2) is 65.8 Å². The van der Waals surface area contributed by atoms with Crippen LogP contribution in [-0.2, 0) is 10.0 Å². The predicted octanol–water partition coefficient (Wildman–Crippen LogP) is 3.12. The van der Waals surface area contributed by atoms with E-state index in [0.29, 0.717) is 16.4 Å². The van der Waals surface area contributed by atoms with Crippen LogP contribution < -0.4 is 10.0 Å². The van der Waals surface area contributed by atoms with Crippen molar-refractivity contribution in [3.8, 4) is 0 Å². The number of hydrogen-bond acceptors (Lipinski definition) is 4. The fourth-order valence-electron chi connectivity index (χ4n) is 2.12. The smallest absolute Gasteiger partial charge is 0.279 e. The number of amides is 1. The molecule has 3 aromatic rings. The number of carbonyl (C=O) groups is 1. The van der Waals surface area contributed by atoms with Gasteiger partial charge >= 0.3 is 0 Å². The Balaban J connectivity index is 1.85. The first-order valence-corrected chi connectivity index (χ1v) is 9.00. The standard InChI is InChI=1S/C16H13ClN4O3S/c17-11-5-4-8-13(9-11)19-15(22)14-10-18-20-16(14)25(23,24)21-12-6-2-1-3-7-12/h1-10,21H,(H,18,20)(H,19,22). The van der Waals surface area contributed by atoms with Crippen molar-refractivity contribution in [1.82, 2.24) is 10.2 Å². The van der Waals surface area contributed by atoms with E-state index >= 15 is 0 Å². The van der Waals surface area contributed by atoms with Crippen LogP contribution in [0.25, 0.3) is 0 Å². The zero-order valence-electron chi connectivity index (χ0n) is 12.7. The van der Waals surface area contributed by atoms with Crippen LogP contribution in [0.5, 0.6) is 0 Å². The topological polar surface area (TPSA) is 104 Å². The molecule has 0 aliphatic rings. The monoisotopic (exact) mass is 376 g/mol. The molecule has 0 aliphatic heterocycles. The Morgan fingerprint density at radius 1 is 1.04 bits per heavy atom. The van der Waals surface area contributed by atoms with Crippen molar-refractivity contribution in [2.24, 2.45) is 0 Å². The van der Waals surface area contributed by atoms with E-state index in [1.807, 2.05) is 0 Å². The lowest BCUT2D eigenvalue weighted by molar-refractivity contribution is 0.102. The first kappa shape index (κ1) is 17.0. The highest BCUT2D eigenvalue weighted by molar-refractivity contribution is 7.92. The minimum atomic E-state index is -4.00. The first-order valence-electron chi connectivity index (χ1n) is 7.14. The number of aromatic amines is 1. The van der Waals surface area contributed by atoms with Crippen molar-refractivity contribution in [1.29, 1.82) is 0 Å². The minimum absolute atomic E-state index is 0.108. The molecular weight excluding hydrogens is 364 g/mol. The van der Waals surface area contributed by atoms with Crippen molar-refractivity contribution >= 4 is 38.9 Å². The molecule has 0 spiro atoms. The van der Waals surface area contributed by atoms with Crippen LogP contribution >= 0.6 is 11.6 Å². The minimum Gasteiger partial charge on any atom is -0.322 e. The van der Waals surface area contributed by atoms with E-state index in [1.165, 1.54) is 0 Å². The number of anilines is 2. The molecule has 0 fully saturated rings. The zero-order chi connectivity index (χ0) is 17.9. The number of hydrogen-bond donors (Lipinski definition) is 3. The second kappa shape index (κ2) is 6.96. The maximum absolute atomic E-state index is 12.5. The summed E-state index contributed by atoms with van der Waals surface area (Å²) in [7, 11) is -4.00. The van der Waals surface area contributed by atoms with E-state index in [9.17, 15) is 13.2 Å². The number of aromatic nitrogens is 2. The number of nitrogens with zero attached hydrogens (tertiary/aromatic N) is 1. The molecule has 7 nitrogen and oxygen atoms in total. The highest BCUT2D eigenvalue weighted by atomic mass is 35.5. The Bertz CT molecular complexity index is 1000. The van der Waals surface area contributed by atoms with Crippen molar-refractivity contribution in [2.45, 2.75) is 5.03 Å². The van der Waals surface area contributed by atoms with Crippen LogP contribution in [0.4, 0.5) is 11.4 Å². The molecule has 0 unspecified atom stereocenters. The Morgan fingerprint density at radius 3 is 2.48 bits per heavy atom. The zero-order valence-corrected chi connectivity index (χ0v) is 14.3. The largest absolute Gasteiger partial charge is 0.322 e. The van der Waals surface area contributed by atoms with Crippen LogP contribution in [0.3, 0.4) is 0 Å². The number of H-pyrrole nitrogens is 1. The van der Waals surface area contributed by atoms with Crippen LogP contribution in [-0.4, -0.2) is 24.5 Å². The van der Waals surface area contributed by atoms with E-state index in [4.69, 9.17) is 11.6 Å². The number of rotatable bonds is 5. The van der Waals surface area contributed by atoms with Crippen LogP contribution in [0.2, 0.25) is 5.02 Å². The van der Waals surface area contributed by atoms with E-state index < -0.39 is 15.9 Å². The number of benzene rings is 2. The Labute approximate surface area is 149 Å². The van der Waals surface area contributed by atoms with Crippen molar-refractivity contribution in [3.63, 3.8) is 0 Å². The summed E-state index contributed by atoms with van der Waals surface area (Å²) in [6.07, 6.45) is 1.15. The average Bonchev–Trinajstić information content (AvgIpc) is 3.06. The maximum atomic E-state index is 12.5. The Hall–Kier alpha value is -2.84. The molecule has 1 heterocycles. The molecule has 0 saturated carbocycles.